The monoisotopic (exact) mass is 597 g/mol. The van der Waals surface area contributed by atoms with E-state index in [9.17, 15) is 19.2 Å². The lowest BCUT2D eigenvalue weighted by Gasteiger charge is -2.18. The van der Waals surface area contributed by atoms with Gasteiger partial charge in [-0.15, -0.1) is 0 Å². The molecule has 3 rings (SSSR count). The van der Waals surface area contributed by atoms with Gasteiger partial charge >= 0.3 is 11.9 Å². The molecule has 2 aromatic carbocycles. The highest BCUT2D eigenvalue weighted by Gasteiger charge is 2.41. The highest BCUT2D eigenvalue weighted by Crippen LogP contribution is 2.38. The van der Waals surface area contributed by atoms with Crippen LogP contribution in [0.2, 0.25) is 0 Å². The maximum atomic E-state index is 12.7. The average molecular weight is 599 g/mol. The van der Waals surface area contributed by atoms with E-state index in [0.29, 0.717) is 20.3 Å². The number of aromatic carboxylic acids is 1. The summed E-state index contributed by atoms with van der Waals surface area (Å²) < 4.78 is 11.7. The Morgan fingerprint density at radius 1 is 1.15 bits per heavy atom. The highest BCUT2D eigenvalue weighted by molar-refractivity contribution is 9.11. The molecule has 0 saturated carbocycles. The average Bonchev–Trinajstić information content (AvgIpc) is 3.05. The van der Waals surface area contributed by atoms with Gasteiger partial charge in [0.05, 0.1) is 26.5 Å². The van der Waals surface area contributed by atoms with Crippen molar-refractivity contribution in [2.24, 2.45) is 0 Å². The number of halogens is 2. The maximum absolute atomic E-state index is 12.7. The predicted octanol–water partition coefficient (Wildman–Crippen LogP) is 5.09. The Balaban J connectivity index is 1.76. The molecule has 0 spiro atoms. The van der Waals surface area contributed by atoms with Gasteiger partial charge in [-0.2, -0.15) is 0 Å². The summed E-state index contributed by atoms with van der Waals surface area (Å²) in [7, 11) is 1.19. The van der Waals surface area contributed by atoms with Crippen molar-refractivity contribution in [3.05, 3.63) is 66.9 Å². The Morgan fingerprint density at radius 3 is 2.30 bits per heavy atom. The molecule has 0 aromatic heterocycles. The summed E-state index contributed by atoms with van der Waals surface area (Å²) in [6.07, 6.45) is 1.55. The molecule has 1 N–H and O–H groups in total. The van der Waals surface area contributed by atoms with E-state index < -0.39 is 29.1 Å². The number of ether oxygens (including phenoxy) is 2. The minimum absolute atomic E-state index is 0.182. The number of carboxylic acid groups (broad SMARTS) is 1. The predicted molar refractivity (Wildman–Crippen MR) is 129 cm³/mol. The largest absolute Gasteiger partial charge is 0.487 e. The summed E-state index contributed by atoms with van der Waals surface area (Å²) in [5, 5.41) is 8.43. The smallest absolute Gasteiger partial charge is 0.335 e. The Kier molecular flexibility index (Phi) is 7.98. The first kappa shape index (κ1) is 25.0. The lowest BCUT2D eigenvalue weighted by atomic mass is 10.1. The Bertz CT molecular complexity index is 1140. The molecular formula is C22H17Br2NO7S. The van der Waals surface area contributed by atoms with Gasteiger partial charge in [-0.3, -0.25) is 14.5 Å². The van der Waals surface area contributed by atoms with Gasteiger partial charge < -0.3 is 14.6 Å². The van der Waals surface area contributed by atoms with E-state index in [0.717, 1.165) is 22.2 Å². The van der Waals surface area contributed by atoms with Crippen LogP contribution in [-0.4, -0.2) is 46.2 Å². The summed E-state index contributed by atoms with van der Waals surface area (Å²) in [6, 6.07) is 8.78. The molecule has 33 heavy (non-hydrogen) atoms. The van der Waals surface area contributed by atoms with Crippen molar-refractivity contribution in [2.45, 2.75) is 19.6 Å². The van der Waals surface area contributed by atoms with Crippen LogP contribution in [0.1, 0.15) is 28.4 Å². The number of benzene rings is 2. The fraction of sp³-hybridized carbons (Fsp3) is 0.182. The number of imide groups is 1. The third kappa shape index (κ3) is 5.66. The number of methoxy groups -OCH3 is 1. The number of amides is 2. The number of hydrogen-bond donors (Lipinski definition) is 1. The number of esters is 1. The van der Waals surface area contributed by atoms with Gasteiger partial charge in [-0.1, -0.05) is 12.1 Å². The molecule has 1 aliphatic heterocycles. The fourth-order valence-corrected chi connectivity index (χ4v) is 5.30. The zero-order valence-corrected chi connectivity index (χ0v) is 21.3. The number of nitrogens with zero attached hydrogens (tertiary/aromatic N) is 1. The first-order chi connectivity index (χ1) is 15.6. The maximum Gasteiger partial charge on any atom is 0.335 e. The number of carbonyl (C=O) groups excluding carboxylic acids is 3. The van der Waals surface area contributed by atoms with Gasteiger partial charge in [0, 0.05) is 0 Å². The second-order valence-electron chi connectivity index (χ2n) is 6.86. The van der Waals surface area contributed by atoms with Crippen LogP contribution in [-0.2, 0) is 20.9 Å². The summed E-state index contributed by atoms with van der Waals surface area (Å²) in [4.78, 5) is 48.7. The van der Waals surface area contributed by atoms with Crippen LogP contribution in [0, 0.1) is 0 Å². The number of carboxylic acids is 1. The Morgan fingerprint density at radius 2 is 1.76 bits per heavy atom. The van der Waals surface area contributed by atoms with E-state index in [4.69, 9.17) is 9.84 Å². The van der Waals surface area contributed by atoms with E-state index in [1.807, 2.05) is 0 Å². The van der Waals surface area contributed by atoms with Gasteiger partial charge in [0.2, 0.25) is 0 Å². The van der Waals surface area contributed by atoms with Crippen molar-refractivity contribution in [2.75, 3.05) is 7.11 Å². The van der Waals surface area contributed by atoms with Crippen LogP contribution in [0.25, 0.3) is 6.08 Å². The SMILES string of the molecule is COC(=O)[C@@H](C)N1C(=O)S/C(=C/c2cc(Br)c(OCc3ccc(C(=O)O)cc3)c(Br)c2)C1=O. The van der Waals surface area contributed by atoms with E-state index in [-0.39, 0.29) is 17.1 Å². The first-order valence-corrected chi connectivity index (χ1v) is 11.8. The normalized spacial score (nSPS) is 15.6. The van der Waals surface area contributed by atoms with E-state index >= 15 is 0 Å². The molecule has 172 valence electrons. The van der Waals surface area contributed by atoms with Gasteiger partial charge in [-0.05, 0) is 92.0 Å². The summed E-state index contributed by atoms with van der Waals surface area (Å²) in [6.45, 7) is 1.64. The van der Waals surface area contributed by atoms with Crippen molar-refractivity contribution >= 4 is 72.8 Å². The van der Waals surface area contributed by atoms with Crippen LogP contribution in [0.3, 0.4) is 0 Å². The van der Waals surface area contributed by atoms with Gasteiger partial charge in [0.1, 0.15) is 18.4 Å². The zero-order chi connectivity index (χ0) is 24.3. The van der Waals surface area contributed by atoms with Crippen molar-refractivity contribution < 1.29 is 33.8 Å². The van der Waals surface area contributed by atoms with E-state index in [1.165, 1.54) is 26.2 Å². The molecule has 1 fully saturated rings. The molecular weight excluding hydrogens is 582 g/mol. The zero-order valence-electron chi connectivity index (χ0n) is 17.3. The number of rotatable bonds is 7. The van der Waals surface area contributed by atoms with Crippen molar-refractivity contribution in [3.63, 3.8) is 0 Å². The van der Waals surface area contributed by atoms with Crippen molar-refractivity contribution in [1.82, 2.24) is 4.90 Å². The lowest BCUT2D eigenvalue weighted by Crippen LogP contribution is -2.42. The van der Waals surface area contributed by atoms with Crippen LogP contribution in [0.15, 0.2) is 50.2 Å². The standard InChI is InChI=1S/C22H17Br2NO7S/c1-11(21(29)31-2)25-19(26)17(33-22(25)30)9-13-7-15(23)18(16(24)8-13)32-10-12-3-5-14(6-4-12)20(27)28/h3-9,11H,10H2,1-2H3,(H,27,28)/b17-9+/t11-/m1/s1. The molecule has 0 unspecified atom stereocenters. The summed E-state index contributed by atoms with van der Waals surface area (Å²) >= 11 is 7.65. The number of carbonyl (C=O) groups is 4. The quantitative estimate of drug-likeness (QED) is 0.347. The third-order valence-electron chi connectivity index (χ3n) is 4.66. The second-order valence-corrected chi connectivity index (χ2v) is 9.56. The van der Waals surface area contributed by atoms with Gasteiger partial charge in [-0.25, -0.2) is 9.59 Å². The van der Waals surface area contributed by atoms with Gasteiger partial charge in [0.25, 0.3) is 11.1 Å². The van der Waals surface area contributed by atoms with Crippen LogP contribution in [0.4, 0.5) is 4.79 Å². The first-order valence-electron chi connectivity index (χ1n) is 9.41. The molecule has 1 heterocycles. The highest BCUT2D eigenvalue weighted by atomic mass is 79.9. The molecule has 2 amide bonds. The van der Waals surface area contributed by atoms with Gasteiger partial charge in [0.15, 0.2) is 0 Å². The third-order valence-corrected chi connectivity index (χ3v) is 6.72. The van der Waals surface area contributed by atoms with E-state index in [2.05, 4.69) is 36.6 Å². The van der Waals surface area contributed by atoms with Crippen LogP contribution < -0.4 is 4.74 Å². The Labute approximate surface area is 210 Å². The second kappa shape index (κ2) is 10.5. The van der Waals surface area contributed by atoms with Crippen LogP contribution in [0.5, 0.6) is 5.75 Å². The topological polar surface area (TPSA) is 110 Å². The molecule has 1 atom stereocenters. The summed E-state index contributed by atoms with van der Waals surface area (Å²) in [5.41, 5.74) is 1.61. The molecule has 0 radical (unpaired) electrons. The molecule has 2 aromatic rings. The molecule has 11 heteroatoms. The molecule has 1 aliphatic rings. The minimum atomic E-state index is -1.02. The molecule has 0 aliphatic carbocycles. The lowest BCUT2D eigenvalue weighted by molar-refractivity contribution is -0.148. The fourth-order valence-electron chi connectivity index (χ4n) is 2.94. The van der Waals surface area contributed by atoms with Crippen molar-refractivity contribution in [3.8, 4) is 5.75 Å². The number of hydrogen-bond acceptors (Lipinski definition) is 7. The van der Waals surface area contributed by atoms with E-state index in [1.54, 1.807) is 30.3 Å². The molecule has 8 nitrogen and oxygen atoms in total. The summed E-state index contributed by atoms with van der Waals surface area (Å²) in [5.74, 6) is -1.73. The minimum Gasteiger partial charge on any atom is -0.487 e. The molecule has 1 saturated heterocycles. The molecule has 0 bridgehead atoms. The number of thioether (sulfide) groups is 1. The Hall–Kier alpha value is -2.63. The van der Waals surface area contributed by atoms with Crippen molar-refractivity contribution in [1.29, 1.82) is 0 Å². The van der Waals surface area contributed by atoms with Crippen LogP contribution >= 0.6 is 43.6 Å².